The molecule has 0 N–H and O–H groups in total. The maximum absolute atomic E-state index is 13.1. The Hall–Kier alpha value is -1.88. The van der Waals surface area contributed by atoms with E-state index in [1.54, 1.807) is 0 Å². The van der Waals surface area contributed by atoms with Gasteiger partial charge in [0.15, 0.2) is 0 Å². The summed E-state index contributed by atoms with van der Waals surface area (Å²) in [5, 5.41) is 0. The topological polar surface area (TPSA) is 43.9 Å². The molecule has 2 aliphatic rings. The van der Waals surface area contributed by atoms with Gasteiger partial charge in [0.25, 0.3) is 0 Å². The normalized spacial score (nSPS) is 21.6. The van der Waals surface area contributed by atoms with Crippen molar-refractivity contribution in [2.24, 2.45) is 0 Å². The molecule has 0 bridgehead atoms. The van der Waals surface area contributed by atoms with Gasteiger partial charge in [-0.05, 0) is 51.8 Å². The maximum atomic E-state index is 13.1. The smallest absolute Gasteiger partial charge is 0.240 e. The van der Waals surface area contributed by atoms with Crippen LogP contribution in [0.2, 0.25) is 0 Å². The highest BCUT2D eigenvalue weighted by Crippen LogP contribution is 2.26. The highest BCUT2D eigenvalue weighted by Gasteiger charge is 2.37. The van der Waals surface area contributed by atoms with E-state index in [2.05, 4.69) is 11.8 Å². The van der Waals surface area contributed by atoms with E-state index >= 15 is 0 Å². The van der Waals surface area contributed by atoms with Gasteiger partial charge in [-0.25, -0.2) is 0 Å². The van der Waals surface area contributed by atoms with Crippen molar-refractivity contribution in [2.75, 3.05) is 39.3 Å². The van der Waals surface area contributed by atoms with E-state index in [9.17, 15) is 9.59 Å². The summed E-state index contributed by atoms with van der Waals surface area (Å²) in [6.07, 6.45) is 4.39. The van der Waals surface area contributed by atoms with Crippen LogP contribution >= 0.6 is 0 Å². The minimum absolute atomic E-state index is 0.0386. The number of carbonyl (C=O) groups excluding carboxylic acids is 2. The minimum atomic E-state index is -0.547. The molecule has 2 aliphatic heterocycles. The molecule has 1 aromatic rings. The summed E-state index contributed by atoms with van der Waals surface area (Å²) < 4.78 is 0. The lowest BCUT2D eigenvalue weighted by molar-refractivity contribution is -0.146. The average Bonchev–Trinajstić information content (AvgIpc) is 2.74. The number of piperidine rings is 1. The van der Waals surface area contributed by atoms with Crippen LogP contribution in [-0.4, -0.2) is 71.8 Å². The molecule has 1 aromatic carbocycles. The molecule has 5 nitrogen and oxygen atoms in total. The molecular formula is C23H35N3O2. The van der Waals surface area contributed by atoms with E-state index in [1.807, 2.05) is 54.0 Å². The van der Waals surface area contributed by atoms with Gasteiger partial charge in [-0.2, -0.15) is 0 Å². The van der Waals surface area contributed by atoms with Gasteiger partial charge < -0.3 is 9.80 Å². The molecule has 2 saturated heterocycles. The molecule has 5 heteroatoms. The summed E-state index contributed by atoms with van der Waals surface area (Å²) in [5.74, 6) is 0.415. The fourth-order valence-electron chi connectivity index (χ4n) is 4.54. The second-order valence-electron chi connectivity index (χ2n) is 8.66. The van der Waals surface area contributed by atoms with Gasteiger partial charge in [0.05, 0.1) is 11.5 Å². The minimum Gasteiger partial charge on any atom is -0.338 e. The lowest BCUT2D eigenvalue weighted by atomic mass is 9.83. The lowest BCUT2D eigenvalue weighted by Crippen LogP contribution is -2.58. The van der Waals surface area contributed by atoms with Crippen molar-refractivity contribution in [3.05, 3.63) is 35.9 Å². The summed E-state index contributed by atoms with van der Waals surface area (Å²) in [4.78, 5) is 32.5. The van der Waals surface area contributed by atoms with Crippen molar-refractivity contribution in [2.45, 2.75) is 57.9 Å². The van der Waals surface area contributed by atoms with E-state index in [1.165, 1.54) is 6.42 Å². The summed E-state index contributed by atoms with van der Waals surface area (Å²) in [7, 11) is 0. The number of nitrogens with zero attached hydrogens (tertiary/aromatic N) is 3. The number of rotatable bonds is 5. The standard InChI is InChI=1S/C23H35N3O2/c1-4-13-24-14-9-8-12-20(24)21(27)25-15-17-26(18-16-25)22(28)23(2,3)19-10-6-5-7-11-19/h5-7,10-11,20H,4,8-9,12-18H2,1-3H3. The van der Waals surface area contributed by atoms with Crippen LogP contribution in [0, 0.1) is 0 Å². The van der Waals surface area contributed by atoms with Crippen LogP contribution in [0.1, 0.15) is 52.0 Å². The molecule has 3 rings (SSSR count). The molecule has 2 fully saturated rings. The average molecular weight is 386 g/mol. The number of likely N-dealkylation sites (tertiary alicyclic amines) is 1. The van der Waals surface area contributed by atoms with Gasteiger partial charge in [-0.15, -0.1) is 0 Å². The van der Waals surface area contributed by atoms with Gasteiger partial charge in [0.2, 0.25) is 11.8 Å². The molecule has 2 heterocycles. The number of amides is 2. The molecule has 0 aromatic heterocycles. The van der Waals surface area contributed by atoms with Gasteiger partial charge >= 0.3 is 0 Å². The van der Waals surface area contributed by atoms with E-state index in [4.69, 9.17) is 0 Å². The predicted molar refractivity (Wildman–Crippen MR) is 112 cm³/mol. The Labute approximate surface area is 169 Å². The zero-order valence-corrected chi connectivity index (χ0v) is 17.7. The third-order valence-electron chi connectivity index (χ3n) is 6.32. The summed E-state index contributed by atoms with van der Waals surface area (Å²) in [6, 6.07) is 10.0. The first-order chi connectivity index (χ1) is 13.4. The van der Waals surface area contributed by atoms with Crippen LogP contribution in [0.3, 0.4) is 0 Å². The van der Waals surface area contributed by atoms with Crippen molar-refractivity contribution in [1.82, 2.24) is 14.7 Å². The fourth-order valence-corrected chi connectivity index (χ4v) is 4.54. The van der Waals surface area contributed by atoms with Gasteiger partial charge in [0, 0.05) is 26.2 Å². The van der Waals surface area contributed by atoms with Crippen LogP contribution in [-0.2, 0) is 15.0 Å². The molecule has 154 valence electrons. The maximum Gasteiger partial charge on any atom is 0.240 e. The second kappa shape index (κ2) is 9.08. The molecule has 1 atom stereocenters. The Bertz CT molecular complexity index is 664. The van der Waals surface area contributed by atoms with Gasteiger partial charge in [-0.1, -0.05) is 43.7 Å². The Balaban J connectivity index is 1.59. The van der Waals surface area contributed by atoms with Crippen molar-refractivity contribution in [3.8, 4) is 0 Å². The van der Waals surface area contributed by atoms with E-state index < -0.39 is 5.41 Å². The quantitative estimate of drug-likeness (QED) is 0.783. The predicted octanol–water partition coefficient (Wildman–Crippen LogP) is 2.90. The van der Waals surface area contributed by atoms with Crippen LogP contribution in [0.5, 0.6) is 0 Å². The van der Waals surface area contributed by atoms with Crippen molar-refractivity contribution >= 4 is 11.8 Å². The first kappa shape index (κ1) is 20.8. The number of piperazine rings is 1. The second-order valence-corrected chi connectivity index (χ2v) is 8.66. The summed E-state index contributed by atoms with van der Waals surface area (Å²) in [5.41, 5.74) is 0.491. The SMILES string of the molecule is CCCN1CCCCC1C(=O)N1CCN(C(=O)C(C)(C)c2ccccc2)CC1. The molecule has 28 heavy (non-hydrogen) atoms. The Morgan fingerprint density at radius 2 is 1.61 bits per heavy atom. The summed E-state index contributed by atoms with van der Waals surface area (Å²) >= 11 is 0. The van der Waals surface area contributed by atoms with E-state index in [0.717, 1.165) is 37.9 Å². The van der Waals surface area contributed by atoms with E-state index in [-0.39, 0.29) is 17.9 Å². The Kier molecular flexibility index (Phi) is 6.76. The van der Waals surface area contributed by atoms with Gasteiger partial charge in [0.1, 0.15) is 0 Å². The third kappa shape index (κ3) is 4.40. The van der Waals surface area contributed by atoms with Crippen LogP contribution in [0.15, 0.2) is 30.3 Å². The molecule has 0 spiro atoms. The monoisotopic (exact) mass is 385 g/mol. The van der Waals surface area contributed by atoms with Crippen LogP contribution < -0.4 is 0 Å². The summed E-state index contributed by atoms with van der Waals surface area (Å²) in [6.45, 7) is 10.7. The number of carbonyl (C=O) groups is 2. The molecule has 2 amide bonds. The first-order valence-corrected chi connectivity index (χ1v) is 10.8. The largest absolute Gasteiger partial charge is 0.338 e. The highest BCUT2D eigenvalue weighted by molar-refractivity contribution is 5.88. The van der Waals surface area contributed by atoms with Crippen molar-refractivity contribution < 1.29 is 9.59 Å². The lowest BCUT2D eigenvalue weighted by Gasteiger charge is -2.42. The van der Waals surface area contributed by atoms with Crippen LogP contribution in [0.25, 0.3) is 0 Å². The Morgan fingerprint density at radius 1 is 0.964 bits per heavy atom. The molecule has 0 saturated carbocycles. The van der Waals surface area contributed by atoms with Crippen molar-refractivity contribution in [3.63, 3.8) is 0 Å². The van der Waals surface area contributed by atoms with Crippen LogP contribution in [0.4, 0.5) is 0 Å². The molecule has 1 unspecified atom stereocenters. The fraction of sp³-hybridized carbons (Fsp3) is 0.652. The zero-order valence-electron chi connectivity index (χ0n) is 17.7. The first-order valence-electron chi connectivity index (χ1n) is 10.8. The number of hydrogen-bond acceptors (Lipinski definition) is 3. The van der Waals surface area contributed by atoms with E-state index in [0.29, 0.717) is 26.2 Å². The third-order valence-corrected chi connectivity index (χ3v) is 6.32. The highest BCUT2D eigenvalue weighted by atomic mass is 16.2. The molecular weight excluding hydrogens is 350 g/mol. The van der Waals surface area contributed by atoms with Crippen molar-refractivity contribution in [1.29, 1.82) is 0 Å². The number of benzene rings is 1. The number of hydrogen-bond donors (Lipinski definition) is 0. The Morgan fingerprint density at radius 3 is 2.25 bits per heavy atom. The zero-order chi connectivity index (χ0) is 20.1. The molecule has 0 radical (unpaired) electrons. The van der Waals surface area contributed by atoms with Gasteiger partial charge in [-0.3, -0.25) is 14.5 Å². The molecule has 0 aliphatic carbocycles.